The van der Waals surface area contributed by atoms with Gasteiger partial charge < -0.3 is 14.6 Å². The first-order valence-corrected chi connectivity index (χ1v) is 11.5. The van der Waals surface area contributed by atoms with Gasteiger partial charge in [0.05, 0.1) is 24.2 Å². The van der Waals surface area contributed by atoms with Gasteiger partial charge in [-0.25, -0.2) is 13.1 Å². The minimum atomic E-state index is -3.89. The van der Waals surface area contributed by atoms with E-state index in [2.05, 4.69) is 10.0 Å². The number of nitrogens with zero attached hydrogens (tertiary/aromatic N) is 1. The minimum Gasteiger partial charge on any atom is -0.467 e. The van der Waals surface area contributed by atoms with Gasteiger partial charge in [0, 0.05) is 11.1 Å². The van der Waals surface area contributed by atoms with Crippen molar-refractivity contribution < 1.29 is 22.4 Å². The van der Waals surface area contributed by atoms with E-state index in [9.17, 15) is 18.0 Å². The number of halogens is 1. The predicted octanol–water partition coefficient (Wildman–Crippen LogP) is 2.30. The molecule has 0 atom stereocenters. The second kappa shape index (κ2) is 10.1. The second-order valence-corrected chi connectivity index (χ2v) is 9.36. The molecule has 3 rings (SSSR count). The van der Waals surface area contributed by atoms with Crippen LogP contribution < -0.4 is 10.0 Å². The first kappa shape index (κ1) is 22.3. The number of carbonyl (C=O) groups is 2. The van der Waals surface area contributed by atoms with Gasteiger partial charge in [-0.1, -0.05) is 24.4 Å². The fourth-order valence-electron chi connectivity index (χ4n) is 3.31. The Morgan fingerprint density at radius 1 is 1.13 bits per heavy atom. The SMILES string of the molecule is O=C(CN(Cc1ccco1)C(=O)CNS(=O)(=O)c1ccc(Cl)cc1)NC1CCCC1. The quantitative estimate of drug-likeness (QED) is 0.605. The van der Waals surface area contributed by atoms with Gasteiger partial charge in [0.2, 0.25) is 21.8 Å². The number of sulfonamides is 1. The first-order valence-electron chi connectivity index (χ1n) is 9.68. The molecule has 162 valence electrons. The summed E-state index contributed by atoms with van der Waals surface area (Å²) in [6.45, 7) is -0.603. The molecule has 2 aromatic rings. The summed E-state index contributed by atoms with van der Waals surface area (Å²) in [4.78, 5) is 26.4. The molecule has 0 aliphatic heterocycles. The van der Waals surface area contributed by atoms with Gasteiger partial charge >= 0.3 is 0 Å². The fourth-order valence-corrected chi connectivity index (χ4v) is 4.41. The zero-order chi connectivity index (χ0) is 21.6. The molecule has 1 aliphatic rings. The maximum atomic E-state index is 12.7. The Bertz CT molecular complexity index is 955. The third-order valence-corrected chi connectivity index (χ3v) is 6.54. The van der Waals surface area contributed by atoms with Crippen molar-refractivity contribution in [1.29, 1.82) is 0 Å². The molecule has 0 spiro atoms. The minimum absolute atomic E-state index is 0.00346. The number of hydrogen-bond acceptors (Lipinski definition) is 5. The lowest BCUT2D eigenvalue weighted by atomic mass is 10.2. The van der Waals surface area contributed by atoms with Crippen LogP contribution in [-0.2, 0) is 26.2 Å². The van der Waals surface area contributed by atoms with Crippen LogP contribution in [0.25, 0.3) is 0 Å². The molecule has 1 aromatic heterocycles. The van der Waals surface area contributed by atoms with Crippen LogP contribution in [0, 0.1) is 0 Å². The van der Waals surface area contributed by atoms with E-state index in [0.29, 0.717) is 10.8 Å². The average molecular weight is 454 g/mol. The summed E-state index contributed by atoms with van der Waals surface area (Å²) in [6.07, 6.45) is 5.48. The van der Waals surface area contributed by atoms with E-state index < -0.39 is 22.5 Å². The van der Waals surface area contributed by atoms with Crippen molar-refractivity contribution in [2.24, 2.45) is 0 Å². The van der Waals surface area contributed by atoms with E-state index in [1.165, 1.54) is 35.4 Å². The predicted molar refractivity (Wildman–Crippen MR) is 111 cm³/mol. The van der Waals surface area contributed by atoms with Crippen molar-refractivity contribution >= 4 is 33.4 Å². The van der Waals surface area contributed by atoms with Crippen molar-refractivity contribution in [3.8, 4) is 0 Å². The Morgan fingerprint density at radius 2 is 1.83 bits per heavy atom. The van der Waals surface area contributed by atoms with E-state index in [0.717, 1.165) is 25.7 Å². The van der Waals surface area contributed by atoms with E-state index in [-0.39, 0.29) is 29.9 Å². The van der Waals surface area contributed by atoms with E-state index >= 15 is 0 Å². The Balaban J connectivity index is 1.63. The molecule has 0 radical (unpaired) electrons. The Hall–Kier alpha value is -2.36. The van der Waals surface area contributed by atoms with Crippen LogP contribution >= 0.6 is 11.6 Å². The maximum absolute atomic E-state index is 12.7. The normalized spacial score (nSPS) is 14.6. The topological polar surface area (TPSA) is 109 Å². The molecule has 1 saturated carbocycles. The smallest absolute Gasteiger partial charge is 0.241 e. The van der Waals surface area contributed by atoms with Crippen molar-refractivity contribution in [2.45, 2.75) is 43.2 Å². The lowest BCUT2D eigenvalue weighted by Crippen LogP contribution is -2.46. The summed E-state index contributed by atoms with van der Waals surface area (Å²) < 4.78 is 32.4. The average Bonchev–Trinajstić information content (AvgIpc) is 3.40. The van der Waals surface area contributed by atoms with Crippen LogP contribution in [0.15, 0.2) is 52.0 Å². The molecule has 0 saturated heterocycles. The highest BCUT2D eigenvalue weighted by Gasteiger charge is 2.24. The number of hydrogen-bond donors (Lipinski definition) is 2. The second-order valence-electron chi connectivity index (χ2n) is 7.16. The first-order chi connectivity index (χ1) is 14.3. The van der Waals surface area contributed by atoms with Crippen LogP contribution in [0.3, 0.4) is 0 Å². The summed E-state index contributed by atoms with van der Waals surface area (Å²) in [5, 5.41) is 3.34. The molecule has 1 fully saturated rings. The van der Waals surface area contributed by atoms with Crippen molar-refractivity contribution in [3.05, 3.63) is 53.4 Å². The Morgan fingerprint density at radius 3 is 2.47 bits per heavy atom. The highest BCUT2D eigenvalue weighted by atomic mass is 35.5. The molecule has 30 heavy (non-hydrogen) atoms. The number of amides is 2. The van der Waals surface area contributed by atoms with Gasteiger partial charge in [0.15, 0.2) is 0 Å². The van der Waals surface area contributed by atoms with Gasteiger partial charge in [0.25, 0.3) is 0 Å². The zero-order valence-electron chi connectivity index (χ0n) is 16.3. The number of furan rings is 1. The van der Waals surface area contributed by atoms with Crippen LogP contribution in [0.4, 0.5) is 0 Å². The van der Waals surface area contributed by atoms with Gasteiger partial charge in [-0.05, 0) is 49.2 Å². The number of carbonyl (C=O) groups excluding carboxylic acids is 2. The largest absolute Gasteiger partial charge is 0.467 e. The molecular formula is C20H24ClN3O5S. The number of benzene rings is 1. The van der Waals surface area contributed by atoms with Gasteiger partial charge in [-0.2, -0.15) is 0 Å². The molecule has 1 aliphatic carbocycles. The third kappa shape index (κ3) is 6.32. The maximum Gasteiger partial charge on any atom is 0.241 e. The zero-order valence-corrected chi connectivity index (χ0v) is 17.9. The lowest BCUT2D eigenvalue weighted by Gasteiger charge is -2.22. The van der Waals surface area contributed by atoms with Gasteiger partial charge in [0.1, 0.15) is 12.3 Å². The molecule has 2 amide bonds. The molecule has 8 nitrogen and oxygen atoms in total. The Labute approximate surface area is 180 Å². The standard InChI is InChI=1S/C20H24ClN3O5S/c21-15-7-9-18(10-8-15)30(27,28)22-12-20(26)24(13-17-6-3-11-29-17)14-19(25)23-16-4-1-2-5-16/h3,6-11,16,22H,1-2,4-5,12-14H2,(H,23,25). The van der Waals surface area contributed by atoms with Crippen molar-refractivity contribution in [2.75, 3.05) is 13.1 Å². The summed E-state index contributed by atoms with van der Waals surface area (Å²) in [6, 6.07) is 9.10. The number of nitrogens with one attached hydrogen (secondary N) is 2. The van der Waals surface area contributed by atoms with Crippen molar-refractivity contribution in [1.82, 2.24) is 14.9 Å². The van der Waals surface area contributed by atoms with Crippen LogP contribution in [0.5, 0.6) is 0 Å². The summed E-state index contributed by atoms with van der Waals surface area (Å²) >= 11 is 5.78. The fraction of sp³-hybridized carbons (Fsp3) is 0.400. The summed E-state index contributed by atoms with van der Waals surface area (Å²) in [5.74, 6) is -0.314. The van der Waals surface area contributed by atoms with Crippen LogP contribution in [0.1, 0.15) is 31.4 Å². The van der Waals surface area contributed by atoms with E-state index in [4.69, 9.17) is 16.0 Å². The molecular weight excluding hydrogens is 430 g/mol. The lowest BCUT2D eigenvalue weighted by molar-refractivity contribution is -0.136. The van der Waals surface area contributed by atoms with Crippen molar-refractivity contribution in [3.63, 3.8) is 0 Å². The van der Waals surface area contributed by atoms with E-state index in [1.807, 2.05) is 0 Å². The van der Waals surface area contributed by atoms with Gasteiger partial charge in [-0.3, -0.25) is 9.59 Å². The van der Waals surface area contributed by atoms with Crippen LogP contribution in [0.2, 0.25) is 5.02 Å². The highest BCUT2D eigenvalue weighted by molar-refractivity contribution is 7.89. The Kier molecular flexibility index (Phi) is 7.52. The molecule has 0 bridgehead atoms. The van der Waals surface area contributed by atoms with Crippen LogP contribution in [-0.4, -0.2) is 44.3 Å². The van der Waals surface area contributed by atoms with E-state index in [1.54, 1.807) is 12.1 Å². The third-order valence-electron chi connectivity index (χ3n) is 4.87. The molecule has 2 N–H and O–H groups in total. The molecule has 1 aromatic carbocycles. The molecule has 0 unspecified atom stereocenters. The monoisotopic (exact) mass is 453 g/mol. The number of rotatable bonds is 9. The summed E-state index contributed by atoms with van der Waals surface area (Å²) in [5.41, 5.74) is 0. The molecule has 10 heteroatoms. The highest BCUT2D eigenvalue weighted by Crippen LogP contribution is 2.18. The summed E-state index contributed by atoms with van der Waals surface area (Å²) in [7, 11) is -3.89. The molecule has 1 heterocycles. The van der Waals surface area contributed by atoms with Gasteiger partial charge in [-0.15, -0.1) is 0 Å².